The Labute approximate surface area is 75.1 Å². The summed E-state index contributed by atoms with van der Waals surface area (Å²) in [5, 5.41) is 17.4. The van der Waals surface area contributed by atoms with Gasteiger partial charge in [0.05, 0.1) is 18.0 Å². The van der Waals surface area contributed by atoms with E-state index in [0.717, 1.165) is 0 Å². The highest BCUT2D eigenvalue weighted by Crippen LogP contribution is 2.04. The Morgan fingerprint density at radius 2 is 2.62 bits per heavy atom. The van der Waals surface area contributed by atoms with Crippen LogP contribution in [0.3, 0.4) is 0 Å². The summed E-state index contributed by atoms with van der Waals surface area (Å²) < 4.78 is 0. The van der Waals surface area contributed by atoms with Gasteiger partial charge in [0.2, 0.25) is 0 Å². The zero-order valence-corrected chi connectivity index (χ0v) is 7.24. The Bertz CT molecular complexity index is 294. The number of hydrogen-bond donors (Lipinski definition) is 4. The van der Waals surface area contributed by atoms with Crippen LogP contribution in [0.1, 0.15) is 17.4 Å². The van der Waals surface area contributed by atoms with Crippen LogP contribution in [0.25, 0.3) is 0 Å². The van der Waals surface area contributed by atoms with Crippen LogP contribution in [0.15, 0.2) is 6.20 Å². The molecule has 0 fully saturated rings. The summed E-state index contributed by atoms with van der Waals surface area (Å²) in [5.41, 5.74) is 5.95. The number of nitrogens with zero attached hydrogens (tertiary/aromatic N) is 1. The predicted octanol–water partition coefficient (Wildman–Crippen LogP) is -0.897. The van der Waals surface area contributed by atoms with Gasteiger partial charge in [-0.1, -0.05) is 0 Å². The lowest BCUT2D eigenvalue weighted by Gasteiger charge is -2.05. The first-order chi connectivity index (χ1) is 6.11. The number of aromatic nitrogens is 2. The van der Waals surface area contributed by atoms with E-state index in [-0.39, 0.29) is 18.1 Å². The maximum absolute atomic E-state index is 11.3. The van der Waals surface area contributed by atoms with E-state index in [1.54, 1.807) is 6.92 Å². The van der Waals surface area contributed by atoms with Crippen LogP contribution in [0.4, 0.5) is 5.69 Å². The Kier molecular flexibility index (Phi) is 2.86. The number of carbonyl (C=O) groups excluding carboxylic acids is 1. The number of H-pyrrole nitrogens is 1. The molecule has 1 amide bonds. The third kappa shape index (κ3) is 2.45. The van der Waals surface area contributed by atoms with Gasteiger partial charge < -0.3 is 16.2 Å². The molecule has 0 radical (unpaired) electrons. The van der Waals surface area contributed by atoms with E-state index in [4.69, 9.17) is 10.8 Å². The molecule has 0 aliphatic rings. The topological polar surface area (TPSA) is 104 Å². The van der Waals surface area contributed by atoms with E-state index in [2.05, 4.69) is 15.5 Å². The lowest BCUT2D eigenvalue weighted by atomic mass is 10.3. The molecule has 0 unspecified atom stereocenters. The molecule has 6 nitrogen and oxygen atoms in total. The van der Waals surface area contributed by atoms with Gasteiger partial charge in [-0.05, 0) is 6.92 Å². The van der Waals surface area contributed by atoms with Crippen LogP contribution in [0.2, 0.25) is 0 Å². The second-order valence-electron chi connectivity index (χ2n) is 2.76. The van der Waals surface area contributed by atoms with Crippen molar-refractivity contribution in [3.05, 3.63) is 11.9 Å². The van der Waals surface area contributed by atoms with Crippen molar-refractivity contribution >= 4 is 11.6 Å². The molecular weight excluding hydrogens is 172 g/mol. The van der Waals surface area contributed by atoms with Crippen molar-refractivity contribution in [3.8, 4) is 0 Å². The summed E-state index contributed by atoms with van der Waals surface area (Å²) in [4.78, 5) is 11.3. The minimum absolute atomic E-state index is 0.192. The SMILES string of the molecule is C[C@H](O)CNC(=O)c1[nH]ncc1N. The summed E-state index contributed by atoms with van der Waals surface area (Å²) >= 11 is 0. The smallest absolute Gasteiger partial charge is 0.271 e. The van der Waals surface area contributed by atoms with Crippen molar-refractivity contribution in [1.82, 2.24) is 15.5 Å². The van der Waals surface area contributed by atoms with Crippen LogP contribution in [-0.2, 0) is 0 Å². The molecule has 0 aromatic carbocycles. The van der Waals surface area contributed by atoms with Gasteiger partial charge in [0.25, 0.3) is 5.91 Å². The molecule has 0 aliphatic heterocycles. The fourth-order valence-electron chi connectivity index (χ4n) is 0.806. The molecule has 0 saturated carbocycles. The van der Waals surface area contributed by atoms with Crippen LogP contribution in [-0.4, -0.2) is 33.9 Å². The standard InChI is InChI=1S/C7H12N4O2/c1-4(12)2-9-7(13)6-5(8)3-10-11-6/h3-4,12H,2,8H2,1H3,(H,9,13)(H,10,11)/t4-/m0/s1. The average Bonchev–Trinajstić information content (AvgIpc) is 2.47. The minimum Gasteiger partial charge on any atom is -0.396 e. The molecule has 0 aliphatic carbocycles. The summed E-state index contributed by atoms with van der Waals surface area (Å²) in [6, 6.07) is 0. The highest BCUT2D eigenvalue weighted by atomic mass is 16.3. The van der Waals surface area contributed by atoms with Crippen molar-refractivity contribution < 1.29 is 9.90 Å². The fraction of sp³-hybridized carbons (Fsp3) is 0.429. The molecular formula is C7H12N4O2. The second kappa shape index (κ2) is 3.90. The Morgan fingerprint density at radius 3 is 3.08 bits per heavy atom. The van der Waals surface area contributed by atoms with Gasteiger partial charge >= 0.3 is 0 Å². The third-order valence-electron chi connectivity index (χ3n) is 1.45. The third-order valence-corrected chi connectivity index (χ3v) is 1.45. The molecule has 0 saturated heterocycles. The first kappa shape index (κ1) is 9.53. The summed E-state index contributed by atoms with van der Waals surface area (Å²) in [7, 11) is 0. The van der Waals surface area contributed by atoms with Gasteiger partial charge in [-0.3, -0.25) is 9.89 Å². The highest BCUT2D eigenvalue weighted by molar-refractivity contribution is 5.96. The number of rotatable bonds is 3. The van der Waals surface area contributed by atoms with Crippen molar-refractivity contribution in [2.75, 3.05) is 12.3 Å². The molecule has 0 spiro atoms. The van der Waals surface area contributed by atoms with Crippen LogP contribution < -0.4 is 11.1 Å². The molecule has 13 heavy (non-hydrogen) atoms. The lowest BCUT2D eigenvalue weighted by Crippen LogP contribution is -2.31. The fourth-order valence-corrected chi connectivity index (χ4v) is 0.806. The van der Waals surface area contributed by atoms with E-state index >= 15 is 0 Å². The quantitative estimate of drug-likeness (QED) is 0.488. The molecule has 1 atom stereocenters. The van der Waals surface area contributed by atoms with E-state index in [1.807, 2.05) is 0 Å². The van der Waals surface area contributed by atoms with Gasteiger partial charge in [0, 0.05) is 6.54 Å². The summed E-state index contributed by atoms with van der Waals surface area (Å²) in [6.45, 7) is 1.77. The van der Waals surface area contributed by atoms with Crippen molar-refractivity contribution in [3.63, 3.8) is 0 Å². The van der Waals surface area contributed by atoms with Crippen molar-refractivity contribution in [1.29, 1.82) is 0 Å². The highest BCUT2D eigenvalue weighted by Gasteiger charge is 2.11. The summed E-state index contributed by atoms with van der Waals surface area (Å²) in [5.74, 6) is -0.365. The summed E-state index contributed by atoms with van der Waals surface area (Å²) in [6.07, 6.45) is 0.783. The first-order valence-electron chi connectivity index (χ1n) is 3.86. The molecule has 1 aromatic heterocycles. The molecule has 1 aromatic rings. The molecule has 1 rings (SSSR count). The molecule has 72 valence electrons. The van der Waals surface area contributed by atoms with E-state index < -0.39 is 6.10 Å². The Balaban J connectivity index is 2.54. The molecule has 6 heteroatoms. The van der Waals surface area contributed by atoms with Gasteiger partial charge in [-0.15, -0.1) is 0 Å². The van der Waals surface area contributed by atoms with E-state index in [0.29, 0.717) is 5.69 Å². The van der Waals surface area contributed by atoms with Crippen LogP contribution in [0, 0.1) is 0 Å². The van der Waals surface area contributed by atoms with E-state index in [1.165, 1.54) is 6.20 Å². The number of nitrogens with two attached hydrogens (primary N) is 1. The normalized spacial score (nSPS) is 12.5. The number of aliphatic hydroxyl groups excluding tert-OH is 1. The number of hydrogen-bond acceptors (Lipinski definition) is 4. The van der Waals surface area contributed by atoms with Crippen LogP contribution >= 0.6 is 0 Å². The zero-order chi connectivity index (χ0) is 9.84. The molecule has 1 heterocycles. The Morgan fingerprint density at radius 1 is 1.92 bits per heavy atom. The minimum atomic E-state index is -0.576. The van der Waals surface area contributed by atoms with Gasteiger partial charge in [0.1, 0.15) is 5.69 Å². The molecule has 5 N–H and O–H groups in total. The number of carbonyl (C=O) groups is 1. The number of aromatic amines is 1. The maximum Gasteiger partial charge on any atom is 0.271 e. The van der Waals surface area contributed by atoms with Crippen LogP contribution in [0.5, 0.6) is 0 Å². The molecule has 0 bridgehead atoms. The Hall–Kier alpha value is -1.56. The van der Waals surface area contributed by atoms with Gasteiger partial charge in [-0.2, -0.15) is 5.10 Å². The average molecular weight is 184 g/mol. The van der Waals surface area contributed by atoms with Crippen molar-refractivity contribution in [2.45, 2.75) is 13.0 Å². The first-order valence-corrected chi connectivity index (χ1v) is 3.86. The largest absolute Gasteiger partial charge is 0.396 e. The number of aliphatic hydroxyl groups is 1. The zero-order valence-electron chi connectivity index (χ0n) is 7.24. The second-order valence-corrected chi connectivity index (χ2v) is 2.76. The number of amides is 1. The maximum atomic E-state index is 11.3. The lowest BCUT2D eigenvalue weighted by molar-refractivity contribution is 0.0920. The van der Waals surface area contributed by atoms with Gasteiger partial charge in [-0.25, -0.2) is 0 Å². The predicted molar refractivity (Wildman–Crippen MR) is 47.0 cm³/mol. The monoisotopic (exact) mass is 184 g/mol. The number of anilines is 1. The van der Waals surface area contributed by atoms with E-state index in [9.17, 15) is 4.79 Å². The van der Waals surface area contributed by atoms with Crippen molar-refractivity contribution in [2.24, 2.45) is 0 Å². The van der Waals surface area contributed by atoms with Gasteiger partial charge in [0.15, 0.2) is 0 Å². The number of nitrogens with one attached hydrogen (secondary N) is 2. The number of nitrogen functional groups attached to an aromatic ring is 1.